The quantitative estimate of drug-likeness (QED) is 0.299. The van der Waals surface area contributed by atoms with Crippen molar-refractivity contribution < 1.29 is 19.2 Å². The third-order valence-electron chi connectivity index (χ3n) is 5.77. The molecule has 10 heteroatoms. The van der Waals surface area contributed by atoms with E-state index < -0.39 is 23.4 Å². The Kier molecular flexibility index (Phi) is 7.06. The first kappa shape index (κ1) is 23.6. The number of ether oxygens (including phenoxy) is 1. The number of fused-ring (bicyclic) bond motifs is 1. The lowest BCUT2D eigenvalue weighted by atomic mass is 10.1. The Morgan fingerprint density at radius 3 is 2.59 bits per heavy atom. The average Bonchev–Trinajstić information content (AvgIpc) is 3.01. The number of nitrogens with zero attached hydrogens (tertiary/aromatic N) is 3. The number of carbonyl (C=O) groups is 2. The van der Waals surface area contributed by atoms with Gasteiger partial charge < -0.3 is 9.64 Å². The molecule has 1 fully saturated rings. The number of benzene rings is 2. The van der Waals surface area contributed by atoms with E-state index in [4.69, 9.17) is 4.74 Å². The third-order valence-corrected chi connectivity index (χ3v) is 6.68. The molecule has 1 saturated heterocycles. The number of aryl methyl sites for hydroxylation is 2. The predicted octanol–water partition coefficient (Wildman–Crippen LogP) is 5.00. The van der Waals surface area contributed by atoms with E-state index in [9.17, 15) is 19.7 Å². The molecule has 0 bridgehead atoms. The van der Waals surface area contributed by atoms with Gasteiger partial charge in [0.05, 0.1) is 20.7 Å². The van der Waals surface area contributed by atoms with Gasteiger partial charge in [-0.1, -0.05) is 30.2 Å². The molecule has 0 atom stereocenters. The molecule has 178 valence electrons. The molecule has 9 nitrogen and oxygen atoms in total. The molecule has 1 amide bonds. The third kappa shape index (κ3) is 5.33. The Labute approximate surface area is 200 Å². The maximum absolute atomic E-state index is 12.5. The molecule has 34 heavy (non-hydrogen) atoms. The van der Waals surface area contributed by atoms with Crippen molar-refractivity contribution in [2.75, 3.05) is 29.9 Å². The summed E-state index contributed by atoms with van der Waals surface area (Å²) < 4.78 is 6.07. The lowest BCUT2D eigenvalue weighted by Gasteiger charge is -2.22. The van der Waals surface area contributed by atoms with Crippen molar-refractivity contribution in [3.05, 3.63) is 57.1 Å². The average molecular weight is 483 g/mol. The summed E-state index contributed by atoms with van der Waals surface area (Å²) in [7, 11) is 0. The van der Waals surface area contributed by atoms with Gasteiger partial charge in [-0.15, -0.1) is 0 Å². The van der Waals surface area contributed by atoms with Gasteiger partial charge in [-0.3, -0.25) is 20.2 Å². The molecule has 1 aliphatic rings. The number of nitro benzene ring substituents is 1. The number of amides is 1. The van der Waals surface area contributed by atoms with Crippen LogP contribution in [0.15, 0.2) is 30.3 Å². The van der Waals surface area contributed by atoms with Crippen LogP contribution in [-0.2, 0) is 9.53 Å². The largest absolute Gasteiger partial charge is 0.452 e. The van der Waals surface area contributed by atoms with Gasteiger partial charge in [-0.25, -0.2) is 9.78 Å². The van der Waals surface area contributed by atoms with Gasteiger partial charge >= 0.3 is 5.97 Å². The fourth-order valence-corrected chi connectivity index (χ4v) is 5.23. The van der Waals surface area contributed by atoms with Crippen LogP contribution in [0.3, 0.4) is 0 Å². The first-order chi connectivity index (χ1) is 16.3. The van der Waals surface area contributed by atoms with Crippen LogP contribution in [0.2, 0.25) is 0 Å². The van der Waals surface area contributed by atoms with E-state index >= 15 is 0 Å². The molecule has 3 aromatic rings. The molecule has 1 aliphatic heterocycles. The molecule has 1 N–H and O–H groups in total. The fourth-order valence-electron chi connectivity index (χ4n) is 4.17. The molecule has 0 aliphatic carbocycles. The molecular weight excluding hydrogens is 456 g/mol. The number of anilines is 2. The predicted molar refractivity (Wildman–Crippen MR) is 132 cm³/mol. The lowest BCUT2D eigenvalue weighted by Crippen LogP contribution is -2.25. The van der Waals surface area contributed by atoms with Crippen molar-refractivity contribution in [3.8, 4) is 0 Å². The molecule has 4 rings (SSSR count). The van der Waals surface area contributed by atoms with Gasteiger partial charge in [0.2, 0.25) is 0 Å². The smallest absolute Gasteiger partial charge is 0.338 e. The Morgan fingerprint density at radius 2 is 1.88 bits per heavy atom. The lowest BCUT2D eigenvalue weighted by molar-refractivity contribution is -0.384. The van der Waals surface area contributed by atoms with E-state index in [1.54, 1.807) is 6.07 Å². The highest BCUT2D eigenvalue weighted by atomic mass is 32.1. The molecule has 2 heterocycles. The van der Waals surface area contributed by atoms with Crippen molar-refractivity contribution >= 4 is 49.9 Å². The molecule has 0 unspecified atom stereocenters. The van der Waals surface area contributed by atoms with Crippen molar-refractivity contribution in [2.24, 2.45) is 0 Å². The molecule has 2 aromatic carbocycles. The van der Waals surface area contributed by atoms with Gasteiger partial charge in [0.1, 0.15) is 5.69 Å². The normalized spacial score (nSPS) is 14.0. The summed E-state index contributed by atoms with van der Waals surface area (Å²) in [6.07, 6.45) is 4.16. The molecule has 0 saturated carbocycles. The first-order valence-electron chi connectivity index (χ1n) is 11.2. The fraction of sp³-hybridized carbons (Fsp3) is 0.375. The Hall–Kier alpha value is -3.53. The number of nitrogens with one attached hydrogen (secondary N) is 1. The highest BCUT2D eigenvalue weighted by Crippen LogP contribution is 2.32. The zero-order chi connectivity index (χ0) is 24.2. The summed E-state index contributed by atoms with van der Waals surface area (Å²) in [5, 5.41) is 14.7. The second-order valence-electron chi connectivity index (χ2n) is 8.43. The second kappa shape index (κ2) is 10.2. The molecule has 0 spiro atoms. The minimum Gasteiger partial charge on any atom is -0.452 e. The summed E-state index contributed by atoms with van der Waals surface area (Å²) in [4.78, 5) is 42.4. The molecule has 0 radical (unpaired) electrons. The Balaban J connectivity index is 1.41. The number of aromatic nitrogens is 1. The number of nitro groups is 1. The minimum absolute atomic E-state index is 0.0316. The van der Waals surface area contributed by atoms with Crippen LogP contribution in [0.4, 0.5) is 16.5 Å². The van der Waals surface area contributed by atoms with Crippen molar-refractivity contribution in [1.29, 1.82) is 0 Å². The van der Waals surface area contributed by atoms with Gasteiger partial charge in [-0.2, -0.15) is 0 Å². The van der Waals surface area contributed by atoms with E-state index in [0.29, 0.717) is 10.8 Å². The van der Waals surface area contributed by atoms with Gasteiger partial charge in [0.15, 0.2) is 11.7 Å². The van der Waals surface area contributed by atoms with Crippen molar-refractivity contribution in [3.63, 3.8) is 0 Å². The number of hydrogen-bond donors (Lipinski definition) is 1. The van der Waals surface area contributed by atoms with E-state index in [-0.39, 0.29) is 11.3 Å². The van der Waals surface area contributed by atoms with Crippen LogP contribution < -0.4 is 10.2 Å². The summed E-state index contributed by atoms with van der Waals surface area (Å²) in [5.41, 5.74) is 3.34. The van der Waals surface area contributed by atoms with Crippen LogP contribution >= 0.6 is 11.3 Å². The number of esters is 1. The Bertz CT molecular complexity index is 1250. The summed E-state index contributed by atoms with van der Waals surface area (Å²) in [5.74, 6) is -1.33. The van der Waals surface area contributed by atoms with Crippen LogP contribution in [0.5, 0.6) is 0 Å². The number of rotatable bonds is 6. The second-order valence-corrected chi connectivity index (χ2v) is 9.46. The van der Waals surface area contributed by atoms with E-state index in [1.165, 1.54) is 23.5 Å². The van der Waals surface area contributed by atoms with Crippen LogP contribution in [0.1, 0.15) is 47.2 Å². The van der Waals surface area contributed by atoms with Crippen LogP contribution in [0.25, 0.3) is 10.2 Å². The maximum atomic E-state index is 12.5. The van der Waals surface area contributed by atoms with E-state index in [0.717, 1.165) is 60.1 Å². The van der Waals surface area contributed by atoms with Gasteiger partial charge in [-0.05, 0) is 56.0 Å². The number of carbonyl (C=O) groups excluding carboxylic acids is 2. The minimum atomic E-state index is -0.795. The Morgan fingerprint density at radius 1 is 1.15 bits per heavy atom. The van der Waals surface area contributed by atoms with E-state index in [2.05, 4.69) is 10.3 Å². The van der Waals surface area contributed by atoms with Crippen LogP contribution in [-0.4, -0.2) is 41.5 Å². The molecule has 1 aromatic heterocycles. The standard InChI is InChI=1S/C24H26N4O5S/c1-15-11-16(2)22-20(12-15)34-24(26-22)25-21(29)14-33-23(30)17-7-8-18(19(13-17)28(31)32)27-9-5-3-4-6-10-27/h7-8,11-13H,3-6,9-10,14H2,1-2H3,(H,25,26,29). The number of hydrogen-bond acceptors (Lipinski definition) is 8. The van der Waals surface area contributed by atoms with Crippen molar-refractivity contribution in [2.45, 2.75) is 39.5 Å². The van der Waals surface area contributed by atoms with Gasteiger partial charge in [0.25, 0.3) is 11.6 Å². The topological polar surface area (TPSA) is 115 Å². The van der Waals surface area contributed by atoms with Gasteiger partial charge in [0, 0.05) is 19.2 Å². The zero-order valence-corrected chi connectivity index (χ0v) is 19.9. The van der Waals surface area contributed by atoms with Crippen molar-refractivity contribution in [1.82, 2.24) is 4.98 Å². The maximum Gasteiger partial charge on any atom is 0.338 e. The summed E-state index contributed by atoms with van der Waals surface area (Å²) >= 11 is 1.34. The zero-order valence-electron chi connectivity index (χ0n) is 19.1. The highest BCUT2D eigenvalue weighted by Gasteiger charge is 2.23. The monoisotopic (exact) mass is 482 g/mol. The molecular formula is C24H26N4O5S. The highest BCUT2D eigenvalue weighted by molar-refractivity contribution is 7.22. The summed E-state index contributed by atoms with van der Waals surface area (Å²) in [6.45, 7) is 4.92. The SMILES string of the molecule is Cc1cc(C)c2nc(NC(=O)COC(=O)c3ccc(N4CCCCCC4)c([N+](=O)[O-])c3)sc2c1. The summed E-state index contributed by atoms with van der Waals surface area (Å²) in [6, 6.07) is 8.33. The number of thiazole rings is 1. The van der Waals surface area contributed by atoms with Crippen LogP contribution in [0, 0.1) is 24.0 Å². The first-order valence-corrected chi connectivity index (χ1v) is 12.0. The van der Waals surface area contributed by atoms with E-state index in [1.807, 2.05) is 30.9 Å².